The number of aromatic nitrogens is 3. The van der Waals surface area contributed by atoms with Gasteiger partial charge in [-0.1, -0.05) is 30.3 Å². The van der Waals surface area contributed by atoms with Crippen LogP contribution < -0.4 is 10.2 Å². The van der Waals surface area contributed by atoms with Crippen molar-refractivity contribution in [1.82, 2.24) is 19.9 Å². The van der Waals surface area contributed by atoms with Crippen LogP contribution in [0, 0.1) is 0 Å². The Morgan fingerprint density at radius 3 is 2.35 bits per heavy atom. The predicted octanol–water partition coefficient (Wildman–Crippen LogP) is 4.95. The predicted molar refractivity (Wildman–Crippen MR) is 137 cm³/mol. The van der Waals surface area contributed by atoms with Gasteiger partial charge in [0.05, 0.1) is 26.8 Å². The summed E-state index contributed by atoms with van der Waals surface area (Å²) in [6, 6.07) is 23.9. The molecule has 3 heterocycles. The number of nitrogens with zero attached hydrogens (tertiary/aromatic N) is 5. The molecule has 3 aromatic carbocycles. The number of para-hydroxylation sites is 3. The van der Waals surface area contributed by atoms with E-state index < -0.39 is 0 Å². The van der Waals surface area contributed by atoms with Gasteiger partial charge in [0.1, 0.15) is 0 Å². The van der Waals surface area contributed by atoms with Crippen molar-refractivity contribution < 1.29 is 4.79 Å². The number of hydrogen-bond donors (Lipinski definition) is 1. The van der Waals surface area contributed by atoms with Crippen LogP contribution in [0.4, 0.5) is 17.2 Å². The van der Waals surface area contributed by atoms with E-state index in [0.717, 1.165) is 34.5 Å². The van der Waals surface area contributed by atoms with Crippen LogP contribution in [0.5, 0.6) is 0 Å². The molecule has 34 heavy (non-hydrogen) atoms. The average molecular weight is 467 g/mol. The second-order valence-corrected chi connectivity index (χ2v) is 9.07. The number of rotatable bonds is 4. The molecule has 0 unspecified atom stereocenters. The lowest BCUT2D eigenvalue weighted by atomic mass is 10.2. The van der Waals surface area contributed by atoms with E-state index in [4.69, 9.17) is 9.97 Å². The number of carbonyl (C=O) groups excluding carboxylic acids is 1. The molecule has 0 radical (unpaired) electrons. The van der Waals surface area contributed by atoms with Gasteiger partial charge in [0.25, 0.3) is 5.91 Å². The van der Waals surface area contributed by atoms with Crippen LogP contribution in [0.3, 0.4) is 0 Å². The van der Waals surface area contributed by atoms with Crippen molar-refractivity contribution in [2.24, 2.45) is 0 Å². The largest absolute Gasteiger partial charge is 0.368 e. The molecule has 7 nitrogen and oxygen atoms in total. The first kappa shape index (κ1) is 20.6. The second kappa shape index (κ2) is 8.72. The first-order valence-corrected chi connectivity index (χ1v) is 12.1. The molecular formula is C26H22N6OS. The summed E-state index contributed by atoms with van der Waals surface area (Å²) in [7, 11) is 0. The van der Waals surface area contributed by atoms with Gasteiger partial charge >= 0.3 is 0 Å². The highest BCUT2D eigenvalue weighted by Gasteiger charge is 2.26. The summed E-state index contributed by atoms with van der Waals surface area (Å²) in [6.45, 7) is 2.83. The molecule has 1 aliphatic rings. The highest BCUT2D eigenvalue weighted by Crippen LogP contribution is 2.27. The maximum Gasteiger partial charge on any atom is 0.276 e. The summed E-state index contributed by atoms with van der Waals surface area (Å²) in [5.41, 5.74) is 6.61. The summed E-state index contributed by atoms with van der Waals surface area (Å²) in [5.74, 6) is 0.366. The minimum absolute atomic E-state index is 0.104. The van der Waals surface area contributed by atoms with Gasteiger partial charge in [-0.15, -0.1) is 11.3 Å². The fourth-order valence-corrected chi connectivity index (χ4v) is 4.98. The van der Waals surface area contributed by atoms with Gasteiger partial charge in [0, 0.05) is 37.6 Å². The standard InChI is InChI=1S/C26H22N6OS/c33-26(32-14-12-31(13-15-32)19-6-2-1-3-7-19)24-25(30-21-9-5-4-8-20(21)29-24)28-18-10-11-22-23(16-18)34-17-27-22/h1-11,16-17H,12-15H2,(H,28,30). The van der Waals surface area contributed by atoms with Crippen molar-refractivity contribution >= 4 is 55.7 Å². The molecule has 168 valence electrons. The molecular weight excluding hydrogens is 444 g/mol. The zero-order valence-electron chi connectivity index (χ0n) is 18.4. The van der Waals surface area contributed by atoms with E-state index in [2.05, 4.69) is 27.3 Å². The van der Waals surface area contributed by atoms with Crippen LogP contribution >= 0.6 is 11.3 Å². The molecule has 0 saturated carbocycles. The molecule has 1 fully saturated rings. The minimum Gasteiger partial charge on any atom is -0.368 e. The lowest BCUT2D eigenvalue weighted by Gasteiger charge is -2.36. The van der Waals surface area contributed by atoms with Crippen LogP contribution in [-0.2, 0) is 0 Å². The summed E-state index contributed by atoms with van der Waals surface area (Å²) >= 11 is 1.58. The number of nitrogens with one attached hydrogen (secondary N) is 1. The van der Waals surface area contributed by atoms with E-state index in [-0.39, 0.29) is 5.91 Å². The Balaban J connectivity index is 1.30. The maximum atomic E-state index is 13.6. The highest BCUT2D eigenvalue weighted by atomic mass is 32.1. The zero-order valence-corrected chi connectivity index (χ0v) is 19.2. The van der Waals surface area contributed by atoms with E-state index >= 15 is 0 Å². The lowest BCUT2D eigenvalue weighted by molar-refractivity contribution is 0.0742. The molecule has 1 saturated heterocycles. The van der Waals surface area contributed by atoms with Gasteiger partial charge in [-0.3, -0.25) is 4.79 Å². The third-order valence-electron chi connectivity index (χ3n) is 6.06. The van der Waals surface area contributed by atoms with Crippen LogP contribution in [0.15, 0.2) is 78.3 Å². The first-order valence-electron chi connectivity index (χ1n) is 11.2. The van der Waals surface area contributed by atoms with Crippen molar-refractivity contribution in [3.63, 3.8) is 0 Å². The van der Waals surface area contributed by atoms with Crippen molar-refractivity contribution in [1.29, 1.82) is 0 Å². The Bertz CT molecular complexity index is 1480. The van der Waals surface area contributed by atoms with E-state index in [1.807, 2.05) is 71.1 Å². The molecule has 5 aromatic rings. The van der Waals surface area contributed by atoms with Crippen LogP contribution in [0.2, 0.25) is 0 Å². The fourth-order valence-electron chi connectivity index (χ4n) is 4.26. The van der Waals surface area contributed by atoms with Gasteiger partial charge in [0.2, 0.25) is 0 Å². The van der Waals surface area contributed by atoms with E-state index in [1.54, 1.807) is 11.3 Å². The van der Waals surface area contributed by atoms with Gasteiger partial charge in [-0.2, -0.15) is 0 Å². The molecule has 8 heteroatoms. The zero-order chi connectivity index (χ0) is 22.9. The molecule has 0 aliphatic carbocycles. The van der Waals surface area contributed by atoms with Gasteiger partial charge in [-0.25, -0.2) is 15.0 Å². The monoisotopic (exact) mass is 466 g/mol. The molecule has 2 aromatic heterocycles. The number of anilines is 3. The summed E-state index contributed by atoms with van der Waals surface area (Å²) in [4.78, 5) is 31.7. The second-order valence-electron chi connectivity index (χ2n) is 8.18. The highest BCUT2D eigenvalue weighted by molar-refractivity contribution is 7.16. The van der Waals surface area contributed by atoms with E-state index in [0.29, 0.717) is 30.1 Å². The van der Waals surface area contributed by atoms with Crippen LogP contribution in [-0.4, -0.2) is 51.9 Å². The van der Waals surface area contributed by atoms with E-state index in [9.17, 15) is 4.79 Å². The molecule has 1 N–H and O–H groups in total. The lowest BCUT2D eigenvalue weighted by Crippen LogP contribution is -2.49. The summed E-state index contributed by atoms with van der Waals surface area (Å²) in [5, 5.41) is 3.35. The third kappa shape index (κ3) is 3.92. The first-order chi connectivity index (χ1) is 16.7. The van der Waals surface area contributed by atoms with Crippen molar-refractivity contribution in [3.05, 3.63) is 84.0 Å². The topological polar surface area (TPSA) is 74.2 Å². The number of thiazole rings is 1. The Labute approximate surface area is 200 Å². The molecule has 0 atom stereocenters. The number of fused-ring (bicyclic) bond motifs is 2. The number of piperazine rings is 1. The maximum absolute atomic E-state index is 13.6. The molecule has 6 rings (SSSR count). The van der Waals surface area contributed by atoms with Crippen LogP contribution in [0.25, 0.3) is 21.3 Å². The Morgan fingerprint density at radius 2 is 1.56 bits per heavy atom. The molecule has 1 amide bonds. The minimum atomic E-state index is -0.104. The van der Waals surface area contributed by atoms with Gasteiger partial charge in [-0.05, 0) is 42.5 Å². The molecule has 0 bridgehead atoms. The number of hydrogen-bond acceptors (Lipinski definition) is 7. The average Bonchev–Trinajstić information content (AvgIpc) is 3.36. The van der Waals surface area contributed by atoms with Crippen molar-refractivity contribution in [3.8, 4) is 0 Å². The van der Waals surface area contributed by atoms with E-state index in [1.165, 1.54) is 5.69 Å². The quantitative estimate of drug-likeness (QED) is 0.404. The Morgan fingerprint density at radius 1 is 0.824 bits per heavy atom. The Hall–Kier alpha value is -4.04. The summed E-state index contributed by atoms with van der Waals surface area (Å²) in [6.07, 6.45) is 0. The summed E-state index contributed by atoms with van der Waals surface area (Å²) < 4.78 is 1.07. The van der Waals surface area contributed by atoms with Crippen molar-refractivity contribution in [2.45, 2.75) is 0 Å². The third-order valence-corrected chi connectivity index (χ3v) is 6.85. The molecule has 1 aliphatic heterocycles. The number of amides is 1. The smallest absolute Gasteiger partial charge is 0.276 e. The number of carbonyl (C=O) groups is 1. The SMILES string of the molecule is O=C(c1nc2ccccc2nc1Nc1ccc2ncsc2c1)N1CCN(c2ccccc2)CC1. The van der Waals surface area contributed by atoms with Crippen molar-refractivity contribution in [2.75, 3.05) is 36.4 Å². The fraction of sp³-hybridized carbons (Fsp3) is 0.154. The van der Waals surface area contributed by atoms with Gasteiger partial charge in [0.15, 0.2) is 11.5 Å². The van der Waals surface area contributed by atoms with Crippen LogP contribution in [0.1, 0.15) is 10.5 Å². The normalized spacial score (nSPS) is 14.0. The Kier molecular flexibility index (Phi) is 5.27. The van der Waals surface area contributed by atoms with Gasteiger partial charge < -0.3 is 15.1 Å². The number of benzene rings is 3. The molecule has 0 spiro atoms.